The van der Waals surface area contributed by atoms with Crippen LogP contribution in [0.25, 0.3) is 0 Å². The van der Waals surface area contributed by atoms with E-state index in [0.29, 0.717) is 22.9 Å². The number of fused-ring (bicyclic) bond motifs is 1. The molecule has 1 amide bonds. The van der Waals surface area contributed by atoms with Gasteiger partial charge in [0.25, 0.3) is 0 Å². The van der Waals surface area contributed by atoms with E-state index in [-0.39, 0.29) is 11.9 Å². The number of carbonyl (C=O) groups is 1. The van der Waals surface area contributed by atoms with Crippen molar-refractivity contribution in [1.82, 2.24) is 4.98 Å². The zero-order chi connectivity index (χ0) is 13.2. The first-order chi connectivity index (χ1) is 9.22. The van der Waals surface area contributed by atoms with Gasteiger partial charge in [-0.1, -0.05) is 41.9 Å². The first-order valence-corrected chi connectivity index (χ1v) is 6.37. The van der Waals surface area contributed by atoms with E-state index in [2.05, 4.69) is 15.6 Å². The molecular formula is C14H12ClN3O. The summed E-state index contributed by atoms with van der Waals surface area (Å²) in [5.74, 6) is 0.588. The predicted molar refractivity (Wildman–Crippen MR) is 75.4 cm³/mol. The minimum Gasteiger partial charge on any atom is -0.356 e. The minimum absolute atomic E-state index is 0.0691. The molecule has 5 heteroatoms. The second-order valence-electron chi connectivity index (χ2n) is 4.43. The first kappa shape index (κ1) is 12.0. The summed E-state index contributed by atoms with van der Waals surface area (Å²) in [6, 6.07) is 11.2. The van der Waals surface area contributed by atoms with Crippen molar-refractivity contribution in [3.8, 4) is 0 Å². The number of nitrogens with one attached hydrogen (secondary N) is 2. The third kappa shape index (κ3) is 2.53. The van der Waals surface area contributed by atoms with E-state index in [9.17, 15) is 4.79 Å². The Morgan fingerprint density at radius 2 is 2.05 bits per heavy atom. The lowest BCUT2D eigenvalue weighted by molar-refractivity contribution is -0.117. The fraction of sp³-hybridized carbons (Fsp3) is 0.143. The molecule has 0 aliphatic carbocycles. The van der Waals surface area contributed by atoms with Crippen molar-refractivity contribution >= 4 is 29.0 Å². The van der Waals surface area contributed by atoms with Crippen molar-refractivity contribution in [2.45, 2.75) is 12.5 Å². The van der Waals surface area contributed by atoms with Crippen molar-refractivity contribution in [3.63, 3.8) is 0 Å². The van der Waals surface area contributed by atoms with Crippen LogP contribution >= 0.6 is 11.6 Å². The SMILES string of the molecule is O=C1Nc2cc(Cl)cnc2NC1Cc1ccccc1. The molecule has 1 aliphatic rings. The maximum Gasteiger partial charge on any atom is 0.247 e. The van der Waals surface area contributed by atoms with Gasteiger partial charge >= 0.3 is 0 Å². The van der Waals surface area contributed by atoms with Crippen LogP contribution in [0.3, 0.4) is 0 Å². The molecule has 0 radical (unpaired) electrons. The highest BCUT2D eigenvalue weighted by Gasteiger charge is 2.26. The Balaban J connectivity index is 1.82. The van der Waals surface area contributed by atoms with Gasteiger partial charge in [0.1, 0.15) is 6.04 Å². The van der Waals surface area contributed by atoms with Gasteiger partial charge in [0.05, 0.1) is 10.7 Å². The van der Waals surface area contributed by atoms with Gasteiger partial charge < -0.3 is 10.6 Å². The average molecular weight is 274 g/mol. The van der Waals surface area contributed by atoms with Gasteiger partial charge in [0, 0.05) is 12.6 Å². The quantitative estimate of drug-likeness (QED) is 0.885. The van der Waals surface area contributed by atoms with E-state index >= 15 is 0 Å². The molecule has 0 fully saturated rings. The van der Waals surface area contributed by atoms with E-state index in [1.54, 1.807) is 12.3 Å². The Kier molecular flexibility index (Phi) is 3.09. The topological polar surface area (TPSA) is 54.0 Å². The summed E-state index contributed by atoms with van der Waals surface area (Å²) in [5.41, 5.74) is 1.73. The Morgan fingerprint density at radius 1 is 1.26 bits per heavy atom. The van der Waals surface area contributed by atoms with Gasteiger partial charge in [0.2, 0.25) is 5.91 Å². The lowest BCUT2D eigenvalue weighted by Crippen LogP contribution is -2.40. The van der Waals surface area contributed by atoms with Crippen molar-refractivity contribution in [1.29, 1.82) is 0 Å². The summed E-state index contributed by atoms with van der Waals surface area (Å²) in [7, 11) is 0. The Bertz CT molecular complexity index is 615. The van der Waals surface area contributed by atoms with Gasteiger partial charge in [0.15, 0.2) is 5.82 Å². The number of hydrogen-bond acceptors (Lipinski definition) is 3. The molecule has 1 aromatic carbocycles. The van der Waals surface area contributed by atoms with Crippen LogP contribution in [0.2, 0.25) is 5.02 Å². The zero-order valence-corrected chi connectivity index (χ0v) is 10.8. The van der Waals surface area contributed by atoms with Gasteiger partial charge in [-0.3, -0.25) is 4.79 Å². The van der Waals surface area contributed by atoms with Gasteiger partial charge in [-0.05, 0) is 11.6 Å². The number of hydrogen-bond donors (Lipinski definition) is 2. The summed E-state index contributed by atoms with van der Waals surface area (Å²) in [6.07, 6.45) is 2.18. The van der Waals surface area contributed by atoms with Crippen LogP contribution in [0.5, 0.6) is 0 Å². The number of pyridine rings is 1. The summed E-state index contributed by atoms with van der Waals surface area (Å²) in [6.45, 7) is 0. The summed E-state index contributed by atoms with van der Waals surface area (Å²) in [5, 5.41) is 6.47. The van der Waals surface area contributed by atoms with Crippen molar-refractivity contribution in [2.75, 3.05) is 10.6 Å². The standard InChI is InChI=1S/C14H12ClN3O/c15-10-7-11-13(16-8-10)17-12(14(19)18-11)6-9-4-2-1-3-5-9/h1-5,7-8,12H,6H2,(H,16,17)(H,18,19). The molecule has 2 aromatic rings. The number of aromatic nitrogens is 1. The molecule has 0 bridgehead atoms. The van der Waals surface area contributed by atoms with Crippen LogP contribution < -0.4 is 10.6 Å². The predicted octanol–water partition coefficient (Wildman–Crippen LogP) is 2.71. The van der Waals surface area contributed by atoms with Crippen molar-refractivity contribution in [3.05, 3.63) is 53.2 Å². The summed E-state index contributed by atoms with van der Waals surface area (Å²) >= 11 is 5.85. The second kappa shape index (κ2) is 4.90. The number of nitrogens with zero attached hydrogens (tertiary/aromatic N) is 1. The molecule has 0 saturated carbocycles. The van der Waals surface area contributed by atoms with E-state index in [1.165, 1.54) is 0 Å². The molecule has 1 aliphatic heterocycles. The second-order valence-corrected chi connectivity index (χ2v) is 4.86. The van der Waals surface area contributed by atoms with Crippen LogP contribution in [0, 0.1) is 0 Å². The molecule has 4 nitrogen and oxygen atoms in total. The molecule has 2 N–H and O–H groups in total. The molecule has 19 heavy (non-hydrogen) atoms. The fourth-order valence-corrected chi connectivity index (χ4v) is 2.25. The fourth-order valence-electron chi connectivity index (χ4n) is 2.09. The van der Waals surface area contributed by atoms with Gasteiger partial charge in [-0.2, -0.15) is 0 Å². The first-order valence-electron chi connectivity index (χ1n) is 5.99. The Hall–Kier alpha value is -2.07. The highest BCUT2D eigenvalue weighted by molar-refractivity contribution is 6.31. The number of benzene rings is 1. The van der Waals surface area contributed by atoms with E-state index in [4.69, 9.17) is 11.6 Å². The van der Waals surface area contributed by atoms with Crippen LogP contribution in [0.1, 0.15) is 5.56 Å². The smallest absolute Gasteiger partial charge is 0.247 e. The molecule has 96 valence electrons. The van der Waals surface area contributed by atoms with E-state index in [1.807, 2.05) is 30.3 Å². The largest absolute Gasteiger partial charge is 0.356 e. The molecular weight excluding hydrogens is 262 g/mol. The lowest BCUT2D eigenvalue weighted by atomic mass is 10.0. The summed E-state index contributed by atoms with van der Waals surface area (Å²) < 4.78 is 0. The molecule has 0 spiro atoms. The molecule has 2 heterocycles. The highest BCUT2D eigenvalue weighted by Crippen LogP contribution is 2.27. The van der Waals surface area contributed by atoms with Crippen LogP contribution in [-0.4, -0.2) is 16.9 Å². The molecule has 1 atom stereocenters. The maximum absolute atomic E-state index is 12.0. The molecule has 1 aromatic heterocycles. The zero-order valence-electron chi connectivity index (χ0n) is 10.1. The minimum atomic E-state index is -0.316. The van der Waals surface area contributed by atoms with Gasteiger partial charge in [-0.25, -0.2) is 4.98 Å². The van der Waals surface area contributed by atoms with Crippen LogP contribution in [0.15, 0.2) is 42.6 Å². The average Bonchev–Trinajstić information content (AvgIpc) is 2.41. The Morgan fingerprint density at radius 3 is 2.84 bits per heavy atom. The molecule has 3 rings (SSSR count). The monoisotopic (exact) mass is 273 g/mol. The van der Waals surface area contributed by atoms with Crippen LogP contribution in [-0.2, 0) is 11.2 Å². The maximum atomic E-state index is 12.0. The number of amides is 1. The van der Waals surface area contributed by atoms with Crippen LogP contribution in [0.4, 0.5) is 11.5 Å². The number of carbonyl (C=O) groups excluding carboxylic acids is 1. The molecule has 0 saturated heterocycles. The van der Waals surface area contributed by atoms with E-state index in [0.717, 1.165) is 5.56 Å². The van der Waals surface area contributed by atoms with E-state index < -0.39 is 0 Å². The highest BCUT2D eigenvalue weighted by atomic mass is 35.5. The summed E-state index contributed by atoms with van der Waals surface area (Å²) in [4.78, 5) is 16.2. The third-order valence-corrected chi connectivity index (χ3v) is 3.23. The third-order valence-electron chi connectivity index (χ3n) is 3.02. The number of anilines is 2. The number of halogens is 1. The Labute approximate surface area is 115 Å². The van der Waals surface area contributed by atoms with Crippen molar-refractivity contribution in [2.24, 2.45) is 0 Å². The van der Waals surface area contributed by atoms with Crippen molar-refractivity contribution < 1.29 is 4.79 Å². The lowest BCUT2D eigenvalue weighted by Gasteiger charge is -2.26. The molecule has 1 unspecified atom stereocenters. The normalized spacial score (nSPS) is 17.3. The number of rotatable bonds is 2. The van der Waals surface area contributed by atoms with Gasteiger partial charge in [-0.15, -0.1) is 0 Å².